The van der Waals surface area contributed by atoms with Crippen molar-refractivity contribution in [2.45, 2.75) is 20.3 Å². The van der Waals surface area contributed by atoms with Crippen LogP contribution in [-0.2, 0) is 6.42 Å². The molecule has 34 heavy (non-hydrogen) atoms. The third-order valence-electron chi connectivity index (χ3n) is 5.63. The van der Waals surface area contributed by atoms with Crippen molar-refractivity contribution in [2.75, 3.05) is 20.8 Å². The zero-order chi connectivity index (χ0) is 24.1. The van der Waals surface area contributed by atoms with Gasteiger partial charge < -0.3 is 19.2 Å². The van der Waals surface area contributed by atoms with Crippen molar-refractivity contribution in [1.29, 1.82) is 0 Å². The highest BCUT2D eigenvalue weighted by Gasteiger charge is 2.12. The Morgan fingerprint density at radius 2 is 1.71 bits per heavy atom. The average Bonchev–Trinajstić information content (AvgIpc) is 3.30. The molecule has 0 aliphatic heterocycles. The summed E-state index contributed by atoms with van der Waals surface area (Å²) in [5, 5.41) is 11.0. The Morgan fingerprint density at radius 3 is 2.38 bits per heavy atom. The number of rotatable bonds is 8. The lowest BCUT2D eigenvalue weighted by Gasteiger charge is -2.13. The molecule has 174 valence electrons. The predicted molar refractivity (Wildman–Crippen MR) is 130 cm³/mol. The smallest absolute Gasteiger partial charge is 0.251 e. The minimum absolute atomic E-state index is 0.125. The summed E-state index contributed by atoms with van der Waals surface area (Å²) in [6.07, 6.45) is 0.630. The molecule has 3 aromatic carbocycles. The highest BCUT2D eigenvalue weighted by Crippen LogP contribution is 2.31. The van der Waals surface area contributed by atoms with Crippen molar-refractivity contribution in [3.05, 3.63) is 83.2 Å². The van der Waals surface area contributed by atoms with E-state index in [0.717, 1.165) is 27.8 Å². The number of hydrogen-bond acceptors (Lipinski definition) is 6. The summed E-state index contributed by atoms with van der Waals surface area (Å²) in [6, 6.07) is 19.3. The Morgan fingerprint density at radius 1 is 0.941 bits per heavy atom. The quantitative estimate of drug-likeness (QED) is 0.400. The summed E-state index contributed by atoms with van der Waals surface area (Å²) < 4.78 is 16.4. The van der Waals surface area contributed by atoms with E-state index in [4.69, 9.17) is 13.9 Å². The van der Waals surface area contributed by atoms with Gasteiger partial charge in [0.25, 0.3) is 5.91 Å². The van der Waals surface area contributed by atoms with E-state index in [0.29, 0.717) is 41.8 Å². The van der Waals surface area contributed by atoms with E-state index in [-0.39, 0.29) is 5.91 Å². The van der Waals surface area contributed by atoms with E-state index < -0.39 is 0 Å². The van der Waals surface area contributed by atoms with Crippen LogP contribution in [0.5, 0.6) is 11.5 Å². The van der Waals surface area contributed by atoms with E-state index in [1.807, 2.05) is 67.6 Å². The maximum atomic E-state index is 12.7. The topological polar surface area (TPSA) is 86.5 Å². The number of methoxy groups -OCH3 is 2. The Balaban J connectivity index is 1.44. The van der Waals surface area contributed by atoms with Gasteiger partial charge in [0.15, 0.2) is 11.5 Å². The number of hydrogen-bond donors (Lipinski definition) is 1. The molecular weight excluding hydrogens is 430 g/mol. The first-order valence-electron chi connectivity index (χ1n) is 11.0. The number of carbonyl (C=O) groups excluding carboxylic acids is 1. The number of benzene rings is 3. The highest BCUT2D eigenvalue weighted by molar-refractivity contribution is 5.94. The van der Waals surface area contributed by atoms with Crippen molar-refractivity contribution in [3.63, 3.8) is 0 Å². The fraction of sp³-hybridized carbons (Fsp3) is 0.222. The third-order valence-corrected chi connectivity index (χ3v) is 5.63. The van der Waals surface area contributed by atoms with Gasteiger partial charge in [-0.15, -0.1) is 10.2 Å². The molecule has 0 saturated carbocycles. The van der Waals surface area contributed by atoms with E-state index >= 15 is 0 Å². The van der Waals surface area contributed by atoms with Crippen LogP contribution >= 0.6 is 0 Å². The molecular formula is C27H27N3O4. The number of nitrogens with one attached hydrogen (secondary N) is 1. The summed E-state index contributed by atoms with van der Waals surface area (Å²) in [6.45, 7) is 4.29. The van der Waals surface area contributed by atoms with Gasteiger partial charge in [0.2, 0.25) is 11.8 Å². The van der Waals surface area contributed by atoms with Crippen LogP contribution in [0.2, 0.25) is 0 Å². The number of amides is 1. The first-order valence-corrected chi connectivity index (χ1v) is 11.0. The minimum atomic E-state index is -0.125. The molecule has 0 spiro atoms. The zero-order valence-electron chi connectivity index (χ0n) is 19.7. The molecule has 1 amide bonds. The van der Waals surface area contributed by atoms with Crippen LogP contribution in [0.3, 0.4) is 0 Å². The van der Waals surface area contributed by atoms with Crippen LogP contribution in [0.25, 0.3) is 22.6 Å². The van der Waals surface area contributed by atoms with E-state index in [2.05, 4.69) is 15.5 Å². The Bertz CT molecular complexity index is 1300. The van der Waals surface area contributed by atoms with Gasteiger partial charge in [-0.2, -0.15) is 0 Å². The molecule has 1 heterocycles. The standard InChI is InChI=1S/C27H27N3O4/c1-17-8-9-22(27-30-29-18(2)34-27)16-23(17)19-10-12-21(13-11-19)26(31)28-15-14-20-6-5-7-24(32-3)25(20)33-4/h5-13,16H,14-15H2,1-4H3,(H,28,31). The SMILES string of the molecule is COc1cccc(CCNC(=O)c2ccc(-c3cc(-c4nnc(C)o4)ccc3C)cc2)c1OC. The second-order valence-corrected chi connectivity index (χ2v) is 7.89. The van der Waals surface area contributed by atoms with Crippen molar-refractivity contribution >= 4 is 5.91 Å². The lowest BCUT2D eigenvalue weighted by Crippen LogP contribution is -2.25. The fourth-order valence-electron chi connectivity index (χ4n) is 3.84. The van der Waals surface area contributed by atoms with Gasteiger partial charge in [-0.25, -0.2) is 0 Å². The van der Waals surface area contributed by atoms with Crippen molar-refractivity contribution in [1.82, 2.24) is 15.5 Å². The van der Waals surface area contributed by atoms with Crippen molar-refractivity contribution in [3.8, 4) is 34.1 Å². The molecule has 7 heteroatoms. The molecule has 0 bridgehead atoms. The molecule has 0 fully saturated rings. The number of aryl methyl sites for hydroxylation is 2. The lowest BCUT2D eigenvalue weighted by molar-refractivity contribution is 0.0954. The number of nitrogens with zero attached hydrogens (tertiary/aromatic N) is 2. The summed E-state index contributed by atoms with van der Waals surface area (Å²) in [5.41, 5.74) is 5.60. The number of para-hydroxylation sites is 1. The maximum Gasteiger partial charge on any atom is 0.251 e. The molecule has 0 aliphatic carbocycles. The molecule has 0 aliphatic rings. The first-order chi connectivity index (χ1) is 16.5. The van der Waals surface area contributed by atoms with Gasteiger partial charge in [0, 0.05) is 24.6 Å². The van der Waals surface area contributed by atoms with Crippen LogP contribution in [0.15, 0.2) is 65.1 Å². The van der Waals surface area contributed by atoms with Gasteiger partial charge in [-0.1, -0.05) is 30.3 Å². The summed E-state index contributed by atoms with van der Waals surface area (Å²) in [5.74, 6) is 2.26. The molecule has 0 saturated heterocycles. The number of aromatic nitrogens is 2. The van der Waals surface area contributed by atoms with Crippen molar-refractivity contribution < 1.29 is 18.7 Å². The van der Waals surface area contributed by atoms with Crippen LogP contribution < -0.4 is 14.8 Å². The fourth-order valence-corrected chi connectivity index (χ4v) is 3.84. The molecule has 1 aromatic heterocycles. The average molecular weight is 458 g/mol. The largest absolute Gasteiger partial charge is 0.493 e. The van der Waals surface area contributed by atoms with E-state index in [1.165, 1.54) is 0 Å². The normalized spacial score (nSPS) is 10.7. The number of ether oxygens (including phenoxy) is 2. The van der Waals surface area contributed by atoms with Crippen LogP contribution in [0.1, 0.15) is 27.4 Å². The Hall–Kier alpha value is -4.13. The minimum Gasteiger partial charge on any atom is -0.493 e. The van der Waals surface area contributed by atoms with E-state index in [1.54, 1.807) is 21.1 Å². The molecule has 4 aromatic rings. The van der Waals surface area contributed by atoms with Crippen LogP contribution in [0.4, 0.5) is 0 Å². The zero-order valence-corrected chi connectivity index (χ0v) is 19.7. The molecule has 0 atom stereocenters. The lowest BCUT2D eigenvalue weighted by atomic mass is 9.97. The molecule has 0 radical (unpaired) electrons. The monoisotopic (exact) mass is 457 g/mol. The maximum absolute atomic E-state index is 12.7. The van der Waals surface area contributed by atoms with Gasteiger partial charge in [-0.05, 0) is 65.9 Å². The summed E-state index contributed by atoms with van der Waals surface area (Å²) >= 11 is 0. The second kappa shape index (κ2) is 10.2. The van der Waals surface area contributed by atoms with Gasteiger partial charge in [0.05, 0.1) is 14.2 Å². The molecule has 1 N–H and O–H groups in total. The van der Waals surface area contributed by atoms with E-state index in [9.17, 15) is 4.79 Å². The molecule has 0 unspecified atom stereocenters. The summed E-state index contributed by atoms with van der Waals surface area (Å²) in [4.78, 5) is 12.7. The Kier molecular flexibility index (Phi) is 6.92. The first kappa shape index (κ1) is 23.0. The van der Waals surface area contributed by atoms with Crippen LogP contribution in [0, 0.1) is 13.8 Å². The predicted octanol–water partition coefficient (Wildman–Crippen LogP) is 5.01. The second-order valence-electron chi connectivity index (χ2n) is 7.89. The van der Waals surface area contributed by atoms with Gasteiger partial charge >= 0.3 is 0 Å². The van der Waals surface area contributed by atoms with Gasteiger partial charge in [0.1, 0.15) is 0 Å². The third kappa shape index (κ3) is 4.93. The van der Waals surface area contributed by atoms with Gasteiger partial charge in [-0.3, -0.25) is 4.79 Å². The molecule has 7 nitrogen and oxygen atoms in total. The van der Waals surface area contributed by atoms with Crippen LogP contribution in [-0.4, -0.2) is 36.9 Å². The van der Waals surface area contributed by atoms with Crippen molar-refractivity contribution in [2.24, 2.45) is 0 Å². The highest BCUT2D eigenvalue weighted by atomic mass is 16.5. The molecule has 4 rings (SSSR count). The summed E-state index contributed by atoms with van der Waals surface area (Å²) in [7, 11) is 3.22. The number of carbonyl (C=O) groups is 1. The Labute approximate surface area is 198 Å².